The Bertz CT molecular complexity index is 227. The fraction of sp³-hybridized carbons (Fsp3) is 0.727. The Hall–Kier alpha value is -0.680. The second kappa shape index (κ2) is 8.47. The number of hydrogen-bond acceptors (Lipinski definition) is 3. The number of thioether (sulfide) groups is 1. The zero-order chi connectivity index (χ0) is 11.6. The van der Waals surface area contributed by atoms with Gasteiger partial charge in [0.05, 0.1) is 19.8 Å². The Morgan fingerprint density at radius 2 is 2.19 bits per heavy atom. The number of ether oxygens (including phenoxy) is 1. The number of rotatable bonds is 6. The fourth-order valence-corrected chi connectivity index (χ4v) is 2.29. The average Bonchev–Trinajstić information content (AvgIpc) is 2.34. The second-order valence-corrected chi connectivity index (χ2v) is 4.75. The molecule has 92 valence electrons. The van der Waals surface area contributed by atoms with Gasteiger partial charge in [0.25, 0.3) is 0 Å². The van der Waals surface area contributed by atoms with Gasteiger partial charge >= 0.3 is 0 Å². The molecule has 0 unspecified atom stereocenters. The first-order valence-electron chi connectivity index (χ1n) is 5.66. The van der Waals surface area contributed by atoms with Crippen molar-refractivity contribution in [2.24, 2.45) is 10.7 Å². The van der Waals surface area contributed by atoms with Crippen LogP contribution >= 0.6 is 11.8 Å². The van der Waals surface area contributed by atoms with Crippen LogP contribution in [0.5, 0.6) is 0 Å². The first-order chi connectivity index (χ1) is 7.84. The van der Waals surface area contributed by atoms with E-state index in [2.05, 4.69) is 16.5 Å². The predicted octanol–water partition coefficient (Wildman–Crippen LogP) is 0.943. The van der Waals surface area contributed by atoms with Crippen LogP contribution in [-0.4, -0.2) is 55.2 Å². The molecule has 0 atom stereocenters. The Kier molecular flexibility index (Phi) is 7.09. The highest BCUT2D eigenvalue weighted by Crippen LogP contribution is 2.08. The lowest BCUT2D eigenvalue weighted by atomic mass is 10.4. The minimum atomic E-state index is 0.636. The normalized spacial score (nSPS) is 17.5. The standard InChI is InChI=1S/C11H21N3OS/c1-2-3-7-15-8-4-13-11(12)14-5-9-16-10-6-14/h2H,1,3-10H2,(H2,12,13). The maximum Gasteiger partial charge on any atom is 0.191 e. The summed E-state index contributed by atoms with van der Waals surface area (Å²) in [5.74, 6) is 2.95. The van der Waals surface area contributed by atoms with Gasteiger partial charge in [0.1, 0.15) is 0 Å². The van der Waals surface area contributed by atoms with Crippen molar-refractivity contribution in [2.75, 3.05) is 44.4 Å². The Morgan fingerprint density at radius 1 is 1.44 bits per heavy atom. The molecule has 0 aromatic carbocycles. The van der Waals surface area contributed by atoms with Gasteiger partial charge in [0.15, 0.2) is 5.96 Å². The lowest BCUT2D eigenvalue weighted by molar-refractivity contribution is 0.146. The van der Waals surface area contributed by atoms with Crippen LogP contribution in [0.25, 0.3) is 0 Å². The van der Waals surface area contributed by atoms with Gasteiger partial charge in [-0.3, -0.25) is 4.99 Å². The monoisotopic (exact) mass is 243 g/mol. The molecule has 5 heteroatoms. The van der Waals surface area contributed by atoms with E-state index in [4.69, 9.17) is 10.5 Å². The lowest BCUT2D eigenvalue weighted by Gasteiger charge is -2.27. The van der Waals surface area contributed by atoms with Crippen molar-refractivity contribution < 1.29 is 4.74 Å². The molecular weight excluding hydrogens is 222 g/mol. The summed E-state index contributed by atoms with van der Waals surface area (Å²) >= 11 is 1.97. The van der Waals surface area contributed by atoms with E-state index in [1.54, 1.807) is 0 Å². The molecule has 1 heterocycles. The summed E-state index contributed by atoms with van der Waals surface area (Å²) < 4.78 is 5.36. The van der Waals surface area contributed by atoms with Crippen LogP contribution in [0.3, 0.4) is 0 Å². The zero-order valence-electron chi connectivity index (χ0n) is 9.73. The summed E-state index contributed by atoms with van der Waals surface area (Å²) in [6.07, 6.45) is 2.74. The molecule has 0 aliphatic carbocycles. The molecule has 4 nitrogen and oxygen atoms in total. The Labute approximate surface area is 102 Å². The van der Waals surface area contributed by atoms with Crippen molar-refractivity contribution >= 4 is 17.7 Å². The first-order valence-corrected chi connectivity index (χ1v) is 6.81. The Balaban J connectivity index is 2.09. The Morgan fingerprint density at radius 3 is 2.88 bits per heavy atom. The fourth-order valence-electron chi connectivity index (χ4n) is 1.39. The van der Waals surface area contributed by atoms with Crippen LogP contribution in [0.2, 0.25) is 0 Å². The van der Waals surface area contributed by atoms with Crippen molar-refractivity contribution in [3.63, 3.8) is 0 Å². The van der Waals surface area contributed by atoms with Crippen molar-refractivity contribution in [2.45, 2.75) is 6.42 Å². The highest BCUT2D eigenvalue weighted by Gasteiger charge is 2.11. The molecule has 1 fully saturated rings. The highest BCUT2D eigenvalue weighted by molar-refractivity contribution is 7.99. The number of aliphatic imine (C=N–C) groups is 1. The molecule has 0 radical (unpaired) electrons. The quantitative estimate of drug-likeness (QED) is 0.326. The maximum atomic E-state index is 5.88. The van der Waals surface area contributed by atoms with Gasteiger partial charge < -0.3 is 15.4 Å². The highest BCUT2D eigenvalue weighted by atomic mass is 32.2. The second-order valence-electron chi connectivity index (χ2n) is 3.53. The molecule has 1 aliphatic rings. The molecule has 16 heavy (non-hydrogen) atoms. The molecule has 0 aromatic heterocycles. The maximum absolute atomic E-state index is 5.88. The van der Waals surface area contributed by atoms with E-state index in [-0.39, 0.29) is 0 Å². The van der Waals surface area contributed by atoms with E-state index < -0.39 is 0 Å². The average molecular weight is 243 g/mol. The minimum Gasteiger partial charge on any atom is -0.379 e. The lowest BCUT2D eigenvalue weighted by Crippen LogP contribution is -2.42. The summed E-state index contributed by atoms with van der Waals surface area (Å²) in [6, 6.07) is 0. The molecular formula is C11H21N3OS. The van der Waals surface area contributed by atoms with Gasteiger partial charge in [0, 0.05) is 24.6 Å². The third-order valence-electron chi connectivity index (χ3n) is 2.31. The van der Waals surface area contributed by atoms with Crippen LogP contribution in [0.15, 0.2) is 17.6 Å². The summed E-state index contributed by atoms with van der Waals surface area (Å²) in [7, 11) is 0. The topological polar surface area (TPSA) is 50.9 Å². The van der Waals surface area contributed by atoms with Crippen molar-refractivity contribution in [1.82, 2.24) is 4.90 Å². The van der Waals surface area contributed by atoms with Crippen molar-refractivity contribution in [1.29, 1.82) is 0 Å². The molecule has 1 aliphatic heterocycles. The van der Waals surface area contributed by atoms with E-state index in [1.807, 2.05) is 17.8 Å². The first kappa shape index (κ1) is 13.4. The van der Waals surface area contributed by atoms with Gasteiger partial charge in [-0.05, 0) is 6.42 Å². The van der Waals surface area contributed by atoms with Crippen LogP contribution in [0.1, 0.15) is 6.42 Å². The van der Waals surface area contributed by atoms with Crippen molar-refractivity contribution in [3.05, 3.63) is 12.7 Å². The zero-order valence-corrected chi connectivity index (χ0v) is 10.5. The molecule has 0 saturated carbocycles. The number of hydrogen-bond donors (Lipinski definition) is 1. The van der Waals surface area contributed by atoms with Crippen LogP contribution in [-0.2, 0) is 4.74 Å². The molecule has 0 spiro atoms. The van der Waals surface area contributed by atoms with Gasteiger partial charge in [-0.25, -0.2) is 0 Å². The molecule has 0 amide bonds. The van der Waals surface area contributed by atoms with Crippen LogP contribution < -0.4 is 5.73 Å². The smallest absolute Gasteiger partial charge is 0.191 e. The van der Waals surface area contributed by atoms with E-state index in [0.29, 0.717) is 19.1 Å². The summed E-state index contributed by atoms with van der Waals surface area (Å²) in [4.78, 5) is 6.44. The van der Waals surface area contributed by atoms with Gasteiger partial charge in [0.2, 0.25) is 0 Å². The van der Waals surface area contributed by atoms with E-state index >= 15 is 0 Å². The number of guanidine groups is 1. The van der Waals surface area contributed by atoms with Crippen LogP contribution in [0.4, 0.5) is 0 Å². The molecule has 2 N–H and O–H groups in total. The van der Waals surface area contributed by atoms with Gasteiger partial charge in [-0.1, -0.05) is 6.08 Å². The number of nitrogens with two attached hydrogens (primary N) is 1. The van der Waals surface area contributed by atoms with E-state index in [9.17, 15) is 0 Å². The third kappa shape index (κ3) is 5.42. The van der Waals surface area contributed by atoms with Crippen LogP contribution in [0, 0.1) is 0 Å². The summed E-state index contributed by atoms with van der Waals surface area (Å²) in [5, 5.41) is 0. The predicted molar refractivity (Wildman–Crippen MR) is 71.0 cm³/mol. The summed E-state index contributed by atoms with van der Waals surface area (Å²) in [5.41, 5.74) is 5.88. The van der Waals surface area contributed by atoms with Gasteiger partial charge in [-0.15, -0.1) is 6.58 Å². The number of nitrogens with zero attached hydrogens (tertiary/aromatic N) is 2. The third-order valence-corrected chi connectivity index (χ3v) is 3.25. The molecule has 1 rings (SSSR count). The molecule has 1 saturated heterocycles. The molecule has 0 bridgehead atoms. The minimum absolute atomic E-state index is 0.636. The summed E-state index contributed by atoms with van der Waals surface area (Å²) in [6.45, 7) is 7.66. The van der Waals surface area contributed by atoms with Gasteiger partial charge in [-0.2, -0.15) is 11.8 Å². The van der Waals surface area contributed by atoms with E-state index in [1.165, 1.54) is 0 Å². The molecule has 0 aromatic rings. The van der Waals surface area contributed by atoms with E-state index in [0.717, 1.165) is 37.6 Å². The largest absolute Gasteiger partial charge is 0.379 e. The SMILES string of the molecule is C=CCCOCCN=C(N)N1CCSCC1. The van der Waals surface area contributed by atoms with Crippen molar-refractivity contribution in [3.8, 4) is 0 Å².